The summed E-state index contributed by atoms with van der Waals surface area (Å²) < 4.78 is 0. The molecule has 3 N–H and O–H groups in total. The van der Waals surface area contributed by atoms with Crippen molar-refractivity contribution in [2.24, 2.45) is 5.73 Å². The number of nitrogens with two attached hydrogens (primary N) is 1. The number of nitrogens with one attached hydrogen (secondary N) is 1. The summed E-state index contributed by atoms with van der Waals surface area (Å²) >= 11 is 0. The average molecular weight is 196 g/mol. The molecular formula is C6H11Cl2N3-2. The van der Waals surface area contributed by atoms with Crippen LogP contribution in [0.2, 0.25) is 0 Å². The van der Waals surface area contributed by atoms with E-state index < -0.39 is 0 Å². The molecule has 1 atom stereocenters. The van der Waals surface area contributed by atoms with Gasteiger partial charge in [-0.05, 0) is 6.92 Å². The van der Waals surface area contributed by atoms with Crippen LogP contribution in [0.3, 0.4) is 0 Å². The first kappa shape index (κ1) is 13.3. The Bertz CT molecular complexity index is 162. The van der Waals surface area contributed by atoms with Crippen molar-refractivity contribution in [2.45, 2.75) is 19.4 Å². The maximum Gasteiger partial charge on any atom is 0.0921 e. The van der Waals surface area contributed by atoms with Crippen molar-refractivity contribution in [1.29, 1.82) is 0 Å². The summed E-state index contributed by atoms with van der Waals surface area (Å²) in [6.45, 7) is 1.97. The Morgan fingerprint density at radius 2 is 2.27 bits per heavy atom. The highest BCUT2D eigenvalue weighted by Crippen LogP contribution is 1.93. The van der Waals surface area contributed by atoms with Gasteiger partial charge in [-0.25, -0.2) is 4.98 Å². The molecule has 0 aromatic carbocycles. The van der Waals surface area contributed by atoms with Crippen molar-refractivity contribution in [3.63, 3.8) is 0 Å². The van der Waals surface area contributed by atoms with Gasteiger partial charge in [0.25, 0.3) is 0 Å². The minimum atomic E-state index is 0. The molecule has 0 saturated heterocycles. The first-order valence-electron chi connectivity index (χ1n) is 3.02. The van der Waals surface area contributed by atoms with E-state index in [0.717, 1.165) is 12.1 Å². The zero-order valence-corrected chi connectivity index (χ0v) is 7.73. The molecular weight excluding hydrogens is 185 g/mol. The van der Waals surface area contributed by atoms with E-state index in [2.05, 4.69) is 9.97 Å². The fourth-order valence-electron chi connectivity index (χ4n) is 0.743. The zero-order valence-electron chi connectivity index (χ0n) is 6.22. The highest BCUT2D eigenvalue weighted by molar-refractivity contribution is 4.95. The summed E-state index contributed by atoms with van der Waals surface area (Å²) in [5.74, 6) is 0. The van der Waals surface area contributed by atoms with Crippen molar-refractivity contribution >= 4 is 0 Å². The Hall–Kier alpha value is -0.250. The van der Waals surface area contributed by atoms with Crippen LogP contribution in [0.4, 0.5) is 0 Å². The van der Waals surface area contributed by atoms with Gasteiger partial charge in [0.2, 0.25) is 0 Å². The van der Waals surface area contributed by atoms with Crippen LogP contribution in [-0.2, 0) is 6.42 Å². The van der Waals surface area contributed by atoms with Gasteiger partial charge in [0.05, 0.1) is 6.33 Å². The van der Waals surface area contributed by atoms with E-state index in [0.29, 0.717) is 0 Å². The molecule has 5 heteroatoms. The topological polar surface area (TPSA) is 54.7 Å². The predicted molar refractivity (Wildman–Crippen MR) is 35.9 cm³/mol. The van der Waals surface area contributed by atoms with E-state index in [-0.39, 0.29) is 30.9 Å². The molecule has 11 heavy (non-hydrogen) atoms. The Morgan fingerprint density at radius 1 is 1.64 bits per heavy atom. The molecule has 1 aromatic heterocycles. The van der Waals surface area contributed by atoms with Gasteiger partial charge in [-0.1, -0.05) is 0 Å². The quantitative estimate of drug-likeness (QED) is 0.495. The van der Waals surface area contributed by atoms with E-state index in [1.54, 1.807) is 12.5 Å². The summed E-state index contributed by atoms with van der Waals surface area (Å²) in [5.41, 5.74) is 6.64. The molecule has 0 amide bonds. The molecule has 0 radical (unpaired) electrons. The highest BCUT2D eigenvalue weighted by Gasteiger charge is 1.96. The van der Waals surface area contributed by atoms with Gasteiger partial charge >= 0.3 is 0 Å². The summed E-state index contributed by atoms with van der Waals surface area (Å²) in [5, 5.41) is 0. The number of imidazole rings is 1. The van der Waals surface area contributed by atoms with E-state index in [4.69, 9.17) is 5.73 Å². The molecule has 0 saturated carbocycles. The summed E-state index contributed by atoms with van der Waals surface area (Å²) in [4.78, 5) is 6.84. The smallest absolute Gasteiger partial charge is 0.0921 e. The second kappa shape index (κ2) is 6.46. The highest BCUT2D eigenvalue weighted by atomic mass is 35.5. The zero-order chi connectivity index (χ0) is 6.69. The average Bonchev–Trinajstić information content (AvgIpc) is 2.15. The van der Waals surface area contributed by atoms with Crippen LogP contribution in [0.15, 0.2) is 12.5 Å². The summed E-state index contributed by atoms with van der Waals surface area (Å²) in [6, 6.07) is 0.213. The van der Waals surface area contributed by atoms with Crippen LogP contribution in [0.5, 0.6) is 0 Å². The summed E-state index contributed by atoms with van der Waals surface area (Å²) in [7, 11) is 0. The first-order chi connectivity index (χ1) is 4.29. The Morgan fingerprint density at radius 3 is 2.64 bits per heavy atom. The van der Waals surface area contributed by atoms with Crippen LogP contribution in [0.25, 0.3) is 0 Å². The molecule has 0 aliphatic carbocycles. The standard InChI is InChI=1S/C6H11N3.2ClH/c1-5(7)2-6-3-8-4-9-6;;/h3-5H,2,7H2,1H3,(H,8,9);2*1H/p-2/t5-;;/m1../s1. The van der Waals surface area contributed by atoms with Crippen LogP contribution in [0, 0.1) is 0 Å². The lowest BCUT2D eigenvalue weighted by atomic mass is 10.2. The maximum absolute atomic E-state index is 5.54. The van der Waals surface area contributed by atoms with Gasteiger partial charge in [-0.2, -0.15) is 0 Å². The lowest BCUT2D eigenvalue weighted by Gasteiger charge is -1.99. The maximum atomic E-state index is 5.54. The lowest BCUT2D eigenvalue weighted by molar-refractivity contribution is -0.001000. The lowest BCUT2D eigenvalue weighted by Crippen LogP contribution is -3.00. The number of halogens is 2. The van der Waals surface area contributed by atoms with Gasteiger partial charge in [-0.15, -0.1) is 0 Å². The number of rotatable bonds is 2. The fourth-order valence-corrected chi connectivity index (χ4v) is 0.743. The normalized spacial score (nSPS) is 11.1. The molecule has 1 heterocycles. The van der Waals surface area contributed by atoms with E-state index in [9.17, 15) is 0 Å². The third kappa shape index (κ3) is 5.07. The summed E-state index contributed by atoms with van der Waals surface area (Å²) in [6.07, 6.45) is 4.33. The molecule has 0 unspecified atom stereocenters. The fraction of sp³-hybridized carbons (Fsp3) is 0.500. The molecule has 0 spiro atoms. The molecule has 0 aliphatic rings. The van der Waals surface area contributed by atoms with Crippen LogP contribution in [-0.4, -0.2) is 16.0 Å². The van der Waals surface area contributed by atoms with Gasteiger partial charge in [0.1, 0.15) is 0 Å². The van der Waals surface area contributed by atoms with E-state index in [1.807, 2.05) is 6.92 Å². The predicted octanol–water partition coefficient (Wildman–Crippen LogP) is -5.69. The third-order valence-electron chi connectivity index (χ3n) is 1.10. The van der Waals surface area contributed by atoms with Crippen molar-refractivity contribution in [2.75, 3.05) is 0 Å². The number of aromatic amines is 1. The Balaban J connectivity index is 0. The van der Waals surface area contributed by atoms with Crippen LogP contribution >= 0.6 is 0 Å². The molecule has 0 fully saturated rings. The first-order valence-corrected chi connectivity index (χ1v) is 3.02. The van der Waals surface area contributed by atoms with Crippen molar-refractivity contribution in [3.8, 4) is 0 Å². The minimum absolute atomic E-state index is 0. The van der Waals surface area contributed by atoms with Crippen LogP contribution < -0.4 is 30.5 Å². The van der Waals surface area contributed by atoms with Crippen molar-refractivity contribution < 1.29 is 24.8 Å². The van der Waals surface area contributed by atoms with Gasteiger partial charge in [0.15, 0.2) is 0 Å². The molecule has 66 valence electrons. The SMILES string of the molecule is C[C@@H](N)Cc1cnc[nH]1.[Cl-].[Cl-]. The largest absolute Gasteiger partial charge is 1.00 e. The third-order valence-corrected chi connectivity index (χ3v) is 1.10. The molecule has 1 aromatic rings. The van der Waals surface area contributed by atoms with E-state index >= 15 is 0 Å². The number of hydrogen-bond acceptors (Lipinski definition) is 2. The molecule has 3 nitrogen and oxygen atoms in total. The van der Waals surface area contributed by atoms with E-state index in [1.165, 1.54) is 0 Å². The number of hydrogen-bond donors (Lipinski definition) is 2. The van der Waals surface area contributed by atoms with Crippen molar-refractivity contribution in [1.82, 2.24) is 9.97 Å². The van der Waals surface area contributed by atoms with Gasteiger partial charge in [0, 0.05) is 24.4 Å². The molecule has 0 aliphatic heterocycles. The minimum Gasteiger partial charge on any atom is -1.00 e. The number of nitrogens with zero attached hydrogens (tertiary/aromatic N) is 1. The molecule has 0 bridgehead atoms. The second-order valence-corrected chi connectivity index (χ2v) is 2.26. The monoisotopic (exact) mass is 195 g/mol. The van der Waals surface area contributed by atoms with Crippen LogP contribution in [0.1, 0.15) is 12.6 Å². The Labute approximate surface area is 78.6 Å². The van der Waals surface area contributed by atoms with Gasteiger partial charge in [-0.3, -0.25) is 0 Å². The molecule has 1 rings (SSSR count). The Kier molecular flexibility index (Phi) is 7.84. The number of aromatic nitrogens is 2. The van der Waals surface area contributed by atoms with Gasteiger partial charge < -0.3 is 35.5 Å². The number of H-pyrrole nitrogens is 1. The second-order valence-electron chi connectivity index (χ2n) is 2.26. The van der Waals surface area contributed by atoms with Crippen molar-refractivity contribution in [3.05, 3.63) is 18.2 Å².